The number of nitrogens with zero attached hydrogens (tertiary/aromatic N) is 3. The maximum absolute atomic E-state index is 12.4. The average molecular weight is 303 g/mol. The van der Waals surface area contributed by atoms with E-state index in [4.69, 9.17) is 0 Å². The molecule has 122 valence electrons. The highest BCUT2D eigenvalue weighted by Gasteiger charge is 2.18. The minimum Gasteiger partial charge on any atom is -0.339 e. The number of likely N-dealkylation sites (tertiary alicyclic amines) is 1. The Bertz CT molecular complexity index is 441. The second kappa shape index (κ2) is 8.89. The van der Waals surface area contributed by atoms with Gasteiger partial charge in [-0.1, -0.05) is 19.3 Å². The molecule has 1 saturated heterocycles. The molecule has 1 aromatic heterocycles. The van der Waals surface area contributed by atoms with E-state index >= 15 is 0 Å². The molecule has 1 aromatic rings. The van der Waals surface area contributed by atoms with Crippen molar-refractivity contribution in [1.82, 2.24) is 14.8 Å². The summed E-state index contributed by atoms with van der Waals surface area (Å²) in [6.45, 7) is 5.27. The van der Waals surface area contributed by atoms with Crippen LogP contribution in [-0.2, 0) is 4.79 Å². The van der Waals surface area contributed by atoms with Crippen LogP contribution in [0.3, 0.4) is 0 Å². The standard InChI is InChI=1S/C18H29N3O/c1-16(17-8-11-19-12-9-17)20(2)18(22)10-15-21-13-6-4-3-5-7-14-21/h8-9,11-12,16H,3-7,10,13-15H2,1-2H3/t16-/m1/s1. The van der Waals surface area contributed by atoms with Crippen LogP contribution in [0.2, 0.25) is 0 Å². The first kappa shape index (κ1) is 16.9. The molecule has 1 amide bonds. The SMILES string of the molecule is C[C@H](c1ccncc1)N(C)C(=O)CCN1CCCCCCC1. The van der Waals surface area contributed by atoms with E-state index in [2.05, 4.69) is 16.8 Å². The molecule has 0 aromatic carbocycles. The van der Waals surface area contributed by atoms with E-state index in [-0.39, 0.29) is 11.9 Å². The second-order valence-electron chi connectivity index (χ2n) is 6.32. The van der Waals surface area contributed by atoms with Crippen molar-refractivity contribution >= 4 is 5.91 Å². The van der Waals surface area contributed by atoms with Crippen LogP contribution >= 0.6 is 0 Å². The lowest BCUT2D eigenvalue weighted by Gasteiger charge is -2.28. The van der Waals surface area contributed by atoms with Crippen LogP contribution in [0.15, 0.2) is 24.5 Å². The average Bonchev–Trinajstić information content (AvgIpc) is 2.53. The Hall–Kier alpha value is -1.42. The highest BCUT2D eigenvalue weighted by atomic mass is 16.2. The van der Waals surface area contributed by atoms with Gasteiger partial charge in [0.1, 0.15) is 0 Å². The van der Waals surface area contributed by atoms with Crippen LogP contribution in [0, 0.1) is 0 Å². The molecule has 2 heterocycles. The van der Waals surface area contributed by atoms with E-state index in [0.29, 0.717) is 6.42 Å². The van der Waals surface area contributed by atoms with Gasteiger partial charge in [-0.2, -0.15) is 0 Å². The number of hydrogen-bond acceptors (Lipinski definition) is 3. The minimum absolute atomic E-state index is 0.0998. The van der Waals surface area contributed by atoms with Gasteiger partial charge in [0.05, 0.1) is 6.04 Å². The van der Waals surface area contributed by atoms with Gasteiger partial charge in [0.15, 0.2) is 0 Å². The van der Waals surface area contributed by atoms with Crippen LogP contribution < -0.4 is 0 Å². The third kappa shape index (κ3) is 5.09. The monoisotopic (exact) mass is 303 g/mol. The summed E-state index contributed by atoms with van der Waals surface area (Å²) in [5, 5.41) is 0. The Morgan fingerprint density at radius 1 is 1.18 bits per heavy atom. The number of hydrogen-bond donors (Lipinski definition) is 0. The van der Waals surface area contributed by atoms with Gasteiger partial charge in [-0.3, -0.25) is 9.78 Å². The summed E-state index contributed by atoms with van der Waals surface area (Å²) in [5.74, 6) is 0.228. The largest absolute Gasteiger partial charge is 0.339 e. The zero-order valence-electron chi connectivity index (χ0n) is 14.0. The van der Waals surface area contributed by atoms with E-state index in [9.17, 15) is 4.79 Å². The van der Waals surface area contributed by atoms with Crippen molar-refractivity contribution in [1.29, 1.82) is 0 Å². The van der Waals surface area contributed by atoms with Crippen molar-refractivity contribution in [3.05, 3.63) is 30.1 Å². The van der Waals surface area contributed by atoms with Crippen molar-refractivity contribution in [3.8, 4) is 0 Å². The van der Waals surface area contributed by atoms with Gasteiger partial charge in [-0.05, 0) is 50.6 Å². The Labute approximate surface area is 134 Å². The number of carbonyl (C=O) groups is 1. The molecule has 0 saturated carbocycles. The summed E-state index contributed by atoms with van der Waals surface area (Å²) in [5.41, 5.74) is 1.14. The Balaban J connectivity index is 1.80. The fourth-order valence-electron chi connectivity index (χ4n) is 3.05. The van der Waals surface area contributed by atoms with Crippen molar-refractivity contribution in [2.24, 2.45) is 0 Å². The maximum Gasteiger partial charge on any atom is 0.224 e. The first-order valence-corrected chi connectivity index (χ1v) is 8.56. The molecule has 1 aliphatic heterocycles. The zero-order chi connectivity index (χ0) is 15.8. The number of pyridine rings is 1. The molecule has 1 fully saturated rings. The van der Waals surface area contributed by atoms with Crippen LogP contribution in [0.1, 0.15) is 57.1 Å². The lowest BCUT2D eigenvalue weighted by atomic mass is 10.1. The molecule has 0 aliphatic carbocycles. The van der Waals surface area contributed by atoms with Crippen LogP contribution in [-0.4, -0.2) is 47.4 Å². The molecule has 0 bridgehead atoms. The number of aromatic nitrogens is 1. The molecule has 0 spiro atoms. The summed E-state index contributed by atoms with van der Waals surface area (Å²) < 4.78 is 0. The van der Waals surface area contributed by atoms with Gasteiger partial charge < -0.3 is 9.80 Å². The van der Waals surface area contributed by atoms with Crippen LogP contribution in [0.4, 0.5) is 0 Å². The summed E-state index contributed by atoms with van der Waals surface area (Å²) in [4.78, 5) is 20.8. The summed E-state index contributed by atoms with van der Waals surface area (Å²) in [6, 6.07) is 4.06. The van der Waals surface area contributed by atoms with Gasteiger partial charge in [0, 0.05) is 32.4 Å². The normalized spacial score (nSPS) is 18.3. The molecular formula is C18H29N3O. The molecule has 1 atom stereocenters. The topological polar surface area (TPSA) is 36.4 Å². The molecule has 4 nitrogen and oxygen atoms in total. The van der Waals surface area contributed by atoms with E-state index in [1.165, 1.54) is 32.1 Å². The van der Waals surface area contributed by atoms with Gasteiger partial charge in [0.25, 0.3) is 0 Å². The second-order valence-corrected chi connectivity index (χ2v) is 6.32. The molecule has 0 unspecified atom stereocenters. The van der Waals surface area contributed by atoms with Gasteiger partial charge in [-0.25, -0.2) is 0 Å². The Morgan fingerprint density at radius 2 is 1.77 bits per heavy atom. The minimum atomic E-state index is 0.0998. The van der Waals surface area contributed by atoms with Gasteiger partial charge in [-0.15, -0.1) is 0 Å². The van der Waals surface area contributed by atoms with Crippen molar-refractivity contribution in [3.63, 3.8) is 0 Å². The molecule has 0 radical (unpaired) electrons. The molecule has 1 aliphatic rings. The lowest BCUT2D eigenvalue weighted by Crippen LogP contribution is -2.35. The zero-order valence-corrected chi connectivity index (χ0v) is 14.0. The fourth-order valence-corrected chi connectivity index (χ4v) is 3.05. The first-order valence-electron chi connectivity index (χ1n) is 8.56. The fraction of sp³-hybridized carbons (Fsp3) is 0.667. The molecule has 2 rings (SSSR count). The summed E-state index contributed by atoms with van der Waals surface area (Å²) >= 11 is 0. The predicted molar refractivity (Wildman–Crippen MR) is 89.6 cm³/mol. The third-order valence-electron chi connectivity index (χ3n) is 4.75. The summed E-state index contributed by atoms with van der Waals surface area (Å²) in [7, 11) is 1.90. The quantitative estimate of drug-likeness (QED) is 0.838. The third-order valence-corrected chi connectivity index (χ3v) is 4.75. The highest BCUT2D eigenvalue weighted by molar-refractivity contribution is 5.76. The van der Waals surface area contributed by atoms with Gasteiger partial charge >= 0.3 is 0 Å². The molecule has 0 N–H and O–H groups in total. The Morgan fingerprint density at radius 3 is 2.41 bits per heavy atom. The van der Waals surface area contributed by atoms with Crippen LogP contribution in [0.5, 0.6) is 0 Å². The number of rotatable bonds is 5. The van der Waals surface area contributed by atoms with E-state index in [0.717, 1.165) is 25.2 Å². The van der Waals surface area contributed by atoms with Crippen molar-refractivity contribution in [2.75, 3.05) is 26.7 Å². The number of carbonyl (C=O) groups excluding carboxylic acids is 1. The van der Waals surface area contributed by atoms with E-state index in [1.807, 2.05) is 24.1 Å². The Kier molecular flexibility index (Phi) is 6.84. The van der Waals surface area contributed by atoms with Crippen LogP contribution in [0.25, 0.3) is 0 Å². The first-order chi connectivity index (χ1) is 10.7. The summed E-state index contributed by atoms with van der Waals surface area (Å²) in [6.07, 6.45) is 10.8. The maximum atomic E-state index is 12.4. The predicted octanol–water partition coefficient (Wildman–Crippen LogP) is 3.26. The van der Waals surface area contributed by atoms with E-state index < -0.39 is 0 Å². The molecule has 4 heteroatoms. The molecule has 22 heavy (non-hydrogen) atoms. The van der Waals surface area contributed by atoms with Crippen molar-refractivity contribution < 1.29 is 4.79 Å². The number of amides is 1. The smallest absolute Gasteiger partial charge is 0.224 e. The van der Waals surface area contributed by atoms with Crippen molar-refractivity contribution in [2.45, 2.75) is 51.5 Å². The molecular weight excluding hydrogens is 274 g/mol. The van der Waals surface area contributed by atoms with E-state index in [1.54, 1.807) is 12.4 Å². The lowest BCUT2D eigenvalue weighted by molar-refractivity contribution is -0.132. The highest BCUT2D eigenvalue weighted by Crippen LogP contribution is 2.18. The van der Waals surface area contributed by atoms with Gasteiger partial charge in [0.2, 0.25) is 5.91 Å².